The Balaban J connectivity index is 5.07. The third-order valence-corrected chi connectivity index (χ3v) is 7.13. The standard InChI is InChI=1S/C21H42O5Si/c1-6-11-16-23-27(24-17-12-7-2,25-18-13-8-3)19-15-20(14-9-4)26-21(22)10-5/h10,20H,5-9,11-19H2,1-4H3. The molecule has 0 aliphatic rings. The quantitative estimate of drug-likeness (QED) is 0.121. The van der Waals surface area contributed by atoms with Crippen molar-refractivity contribution in [2.75, 3.05) is 19.8 Å². The van der Waals surface area contributed by atoms with Crippen LogP contribution >= 0.6 is 0 Å². The van der Waals surface area contributed by atoms with E-state index in [1.165, 1.54) is 6.08 Å². The maximum atomic E-state index is 11.6. The van der Waals surface area contributed by atoms with Crippen molar-refractivity contribution in [2.24, 2.45) is 0 Å². The van der Waals surface area contributed by atoms with E-state index < -0.39 is 8.80 Å². The van der Waals surface area contributed by atoms with Gasteiger partial charge in [0.05, 0.1) is 0 Å². The first kappa shape index (κ1) is 26.3. The molecule has 6 heteroatoms. The fraction of sp³-hybridized carbons (Fsp3) is 0.857. The summed E-state index contributed by atoms with van der Waals surface area (Å²) in [5, 5.41) is 0. The van der Waals surface area contributed by atoms with E-state index in [1.807, 2.05) is 0 Å². The first-order valence-corrected chi connectivity index (χ1v) is 12.7. The van der Waals surface area contributed by atoms with Crippen molar-refractivity contribution < 1.29 is 22.8 Å². The monoisotopic (exact) mass is 402 g/mol. The largest absolute Gasteiger partial charge is 0.501 e. The maximum absolute atomic E-state index is 11.6. The van der Waals surface area contributed by atoms with Gasteiger partial charge in [-0.2, -0.15) is 0 Å². The molecular formula is C21H42O5Si. The van der Waals surface area contributed by atoms with E-state index >= 15 is 0 Å². The second-order valence-electron chi connectivity index (χ2n) is 6.88. The Kier molecular flexibility index (Phi) is 17.0. The summed E-state index contributed by atoms with van der Waals surface area (Å²) in [5.74, 6) is -0.369. The Bertz CT molecular complexity index is 349. The normalized spacial score (nSPS) is 12.7. The van der Waals surface area contributed by atoms with Crippen LogP contribution in [-0.4, -0.2) is 40.7 Å². The second kappa shape index (κ2) is 17.4. The van der Waals surface area contributed by atoms with Crippen LogP contribution < -0.4 is 0 Å². The van der Waals surface area contributed by atoms with E-state index in [1.54, 1.807) is 0 Å². The van der Waals surface area contributed by atoms with Crippen molar-refractivity contribution in [3.05, 3.63) is 12.7 Å². The zero-order valence-electron chi connectivity index (χ0n) is 18.1. The molecule has 0 fully saturated rings. The van der Waals surface area contributed by atoms with Crippen molar-refractivity contribution in [1.29, 1.82) is 0 Å². The summed E-state index contributed by atoms with van der Waals surface area (Å²) in [4.78, 5) is 11.6. The zero-order valence-corrected chi connectivity index (χ0v) is 19.1. The second-order valence-corrected chi connectivity index (χ2v) is 9.61. The molecule has 0 aliphatic heterocycles. The lowest BCUT2D eigenvalue weighted by Gasteiger charge is -2.31. The minimum absolute atomic E-state index is 0.147. The van der Waals surface area contributed by atoms with Gasteiger partial charge in [-0.25, -0.2) is 4.79 Å². The molecule has 0 saturated heterocycles. The summed E-state index contributed by atoms with van der Waals surface area (Å²) < 4.78 is 24.3. The summed E-state index contributed by atoms with van der Waals surface area (Å²) >= 11 is 0. The molecule has 5 nitrogen and oxygen atoms in total. The van der Waals surface area contributed by atoms with Gasteiger partial charge in [-0.1, -0.05) is 60.0 Å². The highest BCUT2D eigenvalue weighted by atomic mass is 28.4. The number of unbranched alkanes of at least 4 members (excludes halogenated alkanes) is 3. The van der Waals surface area contributed by atoms with Gasteiger partial charge < -0.3 is 18.0 Å². The van der Waals surface area contributed by atoms with Crippen LogP contribution in [0.1, 0.15) is 85.5 Å². The fourth-order valence-corrected chi connectivity index (χ4v) is 5.32. The highest BCUT2D eigenvalue weighted by molar-refractivity contribution is 6.60. The predicted octanol–water partition coefficient (Wildman–Crippen LogP) is 5.66. The molecule has 0 radical (unpaired) electrons. The average Bonchev–Trinajstić information content (AvgIpc) is 2.66. The summed E-state index contributed by atoms with van der Waals surface area (Å²) in [6.07, 6.45) is 9.75. The smallest absolute Gasteiger partial charge is 0.459 e. The molecule has 0 saturated carbocycles. The van der Waals surface area contributed by atoms with Crippen LogP contribution in [0.2, 0.25) is 6.04 Å². The van der Waals surface area contributed by atoms with Gasteiger partial charge in [0.15, 0.2) is 0 Å². The van der Waals surface area contributed by atoms with Gasteiger partial charge in [0.25, 0.3) is 0 Å². The summed E-state index contributed by atoms with van der Waals surface area (Å²) in [6, 6.07) is 0.680. The number of esters is 1. The zero-order chi connectivity index (χ0) is 20.4. The number of rotatable bonds is 19. The summed E-state index contributed by atoms with van der Waals surface area (Å²) in [7, 11) is -2.78. The lowest BCUT2D eigenvalue weighted by Crippen LogP contribution is -2.47. The molecule has 0 aliphatic carbocycles. The third-order valence-electron chi connectivity index (χ3n) is 4.29. The molecule has 160 valence electrons. The Morgan fingerprint density at radius 1 is 0.852 bits per heavy atom. The number of hydrogen-bond donors (Lipinski definition) is 0. The molecule has 0 bridgehead atoms. The third kappa shape index (κ3) is 13.2. The molecule has 27 heavy (non-hydrogen) atoms. The van der Waals surface area contributed by atoms with Crippen LogP contribution in [0.4, 0.5) is 0 Å². The molecule has 1 atom stereocenters. The van der Waals surface area contributed by atoms with E-state index in [-0.39, 0.29) is 12.1 Å². The number of carbonyl (C=O) groups is 1. The van der Waals surface area contributed by atoms with Gasteiger partial charge >= 0.3 is 14.8 Å². The number of hydrogen-bond acceptors (Lipinski definition) is 5. The van der Waals surface area contributed by atoms with E-state index in [0.717, 1.165) is 51.4 Å². The first-order chi connectivity index (χ1) is 13.1. The molecule has 0 spiro atoms. The van der Waals surface area contributed by atoms with E-state index in [9.17, 15) is 4.79 Å². The van der Waals surface area contributed by atoms with Crippen LogP contribution in [0.3, 0.4) is 0 Å². The lowest BCUT2D eigenvalue weighted by atomic mass is 10.1. The van der Waals surface area contributed by atoms with E-state index in [4.69, 9.17) is 18.0 Å². The van der Waals surface area contributed by atoms with Crippen molar-refractivity contribution in [2.45, 2.75) is 97.6 Å². The van der Waals surface area contributed by atoms with Crippen LogP contribution in [0.25, 0.3) is 0 Å². The average molecular weight is 403 g/mol. The van der Waals surface area contributed by atoms with Gasteiger partial charge in [-0.15, -0.1) is 0 Å². The van der Waals surface area contributed by atoms with Crippen molar-refractivity contribution >= 4 is 14.8 Å². The van der Waals surface area contributed by atoms with Crippen LogP contribution in [0, 0.1) is 0 Å². The molecular weight excluding hydrogens is 360 g/mol. The molecule has 0 heterocycles. The van der Waals surface area contributed by atoms with Gasteiger partial charge in [0, 0.05) is 31.9 Å². The Morgan fingerprint density at radius 2 is 1.33 bits per heavy atom. The Morgan fingerprint density at radius 3 is 1.70 bits per heavy atom. The minimum atomic E-state index is -2.78. The van der Waals surface area contributed by atoms with Gasteiger partial charge in [-0.3, -0.25) is 0 Å². The maximum Gasteiger partial charge on any atom is 0.501 e. The molecule has 0 rings (SSSR count). The van der Waals surface area contributed by atoms with Crippen LogP contribution in [-0.2, 0) is 22.8 Å². The Hall–Kier alpha value is -0.693. The van der Waals surface area contributed by atoms with Crippen LogP contribution in [0.5, 0.6) is 0 Å². The minimum Gasteiger partial charge on any atom is -0.459 e. The van der Waals surface area contributed by atoms with Crippen molar-refractivity contribution in [3.63, 3.8) is 0 Å². The molecule has 0 aromatic heterocycles. The van der Waals surface area contributed by atoms with E-state index in [0.29, 0.717) is 32.3 Å². The fourth-order valence-electron chi connectivity index (χ4n) is 2.59. The molecule has 0 N–H and O–H groups in total. The van der Waals surface area contributed by atoms with Crippen molar-refractivity contribution in [3.8, 4) is 0 Å². The van der Waals surface area contributed by atoms with Crippen LogP contribution in [0.15, 0.2) is 12.7 Å². The Labute approximate surface area is 168 Å². The summed E-state index contributed by atoms with van der Waals surface area (Å²) in [6.45, 7) is 14.0. The molecule has 1 unspecified atom stereocenters. The summed E-state index contributed by atoms with van der Waals surface area (Å²) in [5.41, 5.74) is 0. The van der Waals surface area contributed by atoms with Gasteiger partial charge in [0.1, 0.15) is 6.10 Å². The van der Waals surface area contributed by atoms with Gasteiger partial charge in [0.2, 0.25) is 0 Å². The predicted molar refractivity (Wildman–Crippen MR) is 113 cm³/mol. The van der Waals surface area contributed by atoms with Crippen molar-refractivity contribution in [1.82, 2.24) is 0 Å². The lowest BCUT2D eigenvalue weighted by molar-refractivity contribution is -0.143. The van der Waals surface area contributed by atoms with E-state index in [2.05, 4.69) is 34.3 Å². The SMILES string of the molecule is C=CC(=O)OC(CCC)CC[Si](OCCCC)(OCCCC)OCCCC. The topological polar surface area (TPSA) is 54.0 Å². The molecule has 0 amide bonds. The highest BCUT2D eigenvalue weighted by Gasteiger charge is 2.41. The number of carbonyl (C=O) groups excluding carboxylic acids is 1. The van der Waals surface area contributed by atoms with Gasteiger partial charge in [-0.05, 0) is 32.1 Å². The highest BCUT2D eigenvalue weighted by Crippen LogP contribution is 2.23. The first-order valence-electron chi connectivity index (χ1n) is 10.8. The molecule has 0 aromatic rings. The molecule has 0 aromatic carbocycles. The number of ether oxygens (including phenoxy) is 1.